The quantitative estimate of drug-likeness (QED) is 0.608. The Bertz CT molecular complexity index is 759. The topological polar surface area (TPSA) is 54.4 Å². The highest BCUT2D eigenvalue weighted by Gasteiger charge is 2.23. The van der Waals surface area contributed by atoms with E-state index >= 15 is 0 Å². The zero-order valence-electron chi connectivity index (χ0n) is 14.8. The number of hydrogen-bond acceptors (Lipinski definition) is 4. The minimum absolute atomic E-state index is 0.0629. The molecule has 1 aromatic heterocycles. The summed E-state index contributed by atoms with van der Waals surface area (Å²) in [5.41, 5.74) is 3.43. The van der Waals surface area contributed by atoms with Crippen molar-refractivity contribution in [2.75, 3.05) is 5.32 Å². The number of ether oxygens (including phenoxy) is 1. The molecule has 1 unspecified atom stereocenters. The van der Waals surface area contributed by atoms with Gasteiger partial charge in [0.05, 0.1) is 6.61 Å². The molecule has 0 aliphatic rings. The molecule has 1 heterocycles. The van der Waals surface area contributed by atoms with Gasteiger partial charge in [-0.25, -0.2) is 4.98 Å². The van der Waals surface area contributed by atoms with Gasteiger partial charge in [0.2, 0.25) is 0 Å². The molecule has 0 radical (unpaired) electrons. The number of aliphatic hydroxyl groups is 1. The number of aromatic nitrogens is 1. The van der Waals surface area contributed by atoms with E-state index in [1.807, 2.05) is 0 Å². The molecule has 0 bridgehead atoms. The predicted molar refractivity (Wildman–Crippen MR) is 104 cm³/mol. The number of alkyl halides is 2. The number of pyridine rings is 1. The maximum atomic E-state index is 12.9. The molecule has 2 aromatic rings. The summed E-state index contributed by atoms with van der Waals surface area (Å²) in [4.78, 5) is 4.40. The highest BCUT2D eigenvalue weighted by atomic mass is 31.0. The smallest absolute Gasteiger partial charge is 0.408 e. The fourth-order valence-electron chi connectivity index (χ4n) is 2.66. The first kappa shape index (κ1) is 20.3. The van der Waals surface area contributed by atoms with Gasteiger partial charge in [-0.05, 0) is 63.5 Å². The van der Waals surface area contributed by atoms with Crippen LogP contribution in [0.1, 0.15) is 37.8 Å². The molecule has 1 atom stereocenters. The molecule has 0 saturated carbocycles. The number of nitrogens with zero attached hydrogens (tertiary/aromatic N) is 1. The van der Waals surface area contributed by atoms with Crippen LogP contribution in [0.4, 0.5) is 20.3 Å². The Balaban J connectivity index is 2.33. The summed E-state index contributed by atoms with van der Waals surface area (Å²) in [6.07, 6.45) is 5.41. The van der Waals surface area contributed by atoms with Crippen LogP contribution in [0.5, 0.6) is 5.75 Å². The average Bonchev–Trinajstić information content (AvgIpc) is 2.60. The second-order valence-electron chi connectivity index (χ2n) is 5.66. The van der Waals surface area contributed by atoms with Crippen molar-refractivity contribution in [3.63, 3.8) is 0 Å². The minimum Gasteiger partial charge on any atom is -0.430 e. The highest BCUT2D eigenvalue weighted by Crippen LogP contribution is 2.32. The van der Waals surface area contributed by atoms with E-state index in [0.29, 0.717) is 11.5 Å². The van der Waals surface area contributed by atoms with Crippen LogP contribution in [0.25, 0.3) is 5.57 Å². The Labute approximate surface area is 154 Å². The molecule has 2 N–H and O–H groups in total. The number of hydrogen-bond donors (Lipinski definition) is 2. The summed E-state index contributed by atoms with van der Waals surface area (Å²) >= 11 is 0. The molecule has 1 aromatic carbocycles. The fraction of sp³-hybridized carbons (Fsp3) is 0.316. The maximum absolute atomic E-state index is 12.9. The van der Waals surface area contributed by atoms with Gasteiger partial charge < -0.3 is 15.2 Å². The summed E-state index contributed by atoms with van der Waals surface area (Å²) in [6.45, 7) is 4.01. The number of allylic oxidation sites excluding steroid dienone is 2. The van der Waals surface area contributed by atoms with Gasteiger partial charge in [0.15, 0.2) is 0 Å². The van der Waals surface area contributed by atoms with E-state index in [-0.39, 0.29) is 12.4 Å². The lowest BCUT2D eigenvalue weighted by Crippen LogP contribution is -2.14. The van der Waals surface area contributed by atoms with Crippen LogP contribution in [-0.2, 0) is 6.61 Å². The number of anilines is 2. The van der Waals surface area contributed by atoms with Gasteiger partial charge in [-0.2, -0.15) is 8.78 Å². The molecular weight excluding hydrogens is 357 g/mol. The highest BCUT2D eigenvalue weighted by molar-refractivity contribution is 7.17. The van der Waals surface area contributed by atoms with Crippen molar-refractivity contribution in [1.29, 1.82) is 0 Å². The van der Waals surface area contributed by atoms with E-state index in [1.165, 1.54) is 21.4 Å². The Morgan fingerprint density at radius 3 is 2.50 bits per heavy atom. The number of rotatable bonds is 8. The number of benzene rings is 1. The summed E-state index contributed by atoms with van der Waals surface area (Å²) in [5.74, 6) is -2.63. The summed E-state index contributed by atoms with van der Waals surface area (Å²) in [6, 6.07) is 7.98. The van der Waals surface area contributed by atoms with Crippen molar-refractivity contribution in [2.24, 2.45) is 0 Å². The zero-order chi connectivity index (χ0) is 19.2. The molecule has 26 heavy (non-hydrogen) atoms. The van der Waals surface area contributed by atoms with Crippen LogP contribution in [-0.4, -0.2) is 15.9 Å². The van der Waals surface area contributed by atoms with E-state index in [9.17, 15) is 13.9 Å². The number of nitrogens with one attached hydrogen (secondary N) is 1. The second-order valence-corrected chi connectivity index (χ2v) is 6.33. The molecular formula is C19H23F2N2O2P. The van der Waals surface area contributed by atoms with Gasteiger partial charge in [0.1, 0.15) is 11.6 Å². The van der Waals surface area contributed by atoms with Crippen LogP contribution in [0.2, 0.25) is 0 Å². The first-order valence-corrected chi connectivity index (χ1v) is 8.96. The lowest BCUT2D eigenvalue weighted by Gasteiger charge is -2.17. The van der Waals surface area contributed by atoms with Crippen molar-refractivity contribution < 1.29 is 18.6 Å². The molecule has 0 fully saturated rings. The van der Waals surface area contributed by atoms with Crippen LogP contribution in [0.15, 0.2) is 42.6 Å². The molecule has 0 spiro atoms. The second kappa shape index (κ2) is 9.06. The van der Waals surface area contributed by atoms with Crippen molar-refractivity contribution >= 4 is 26.3 Å². The third-order valence-corrected chi connectivity index (χ3v) is 3.85. The van der Waals surface area contributed by atoms with Crippen molar-refractivity contribution in [3.8, 4) is 5.75 Å². The van der Waals surface area contributed by atoms with E-state index < -0.39 is 5.85 Å². The van der Waals surface area contributed by atoms with Gasteiger partial charge in [0, 0.05) is 17.4 Å². The Kier molecular flexibility index (Phi) is 7.06. The van der Waals surface area contributed by atoms with E-state index in [0.717, 1.165) is 29.5 Å². The van der Waals surface area contributed by atoms with Gasteiger partial charge >= 0.3 is 5.85 Å². The summed E-state index contributed by atoms with van der Waals surface area (Å²) < 4.78 is 30.3. The van der Waals surface area contributed by atoms with Crippen molar-refractivity contribution in [1.82, 2.24) is 4.98 Å². The summed E-state index contributed by atoms with van der Waals surface area (Å²) in [7, 11) is 1.34. The first-order valence-electron chi connectivity index (χ1n) is 8.38. The number of halogens is 2. The predicted octanol–water partition coefficient (Wildman–Crippen LogP) is 5.33. The third-order valence-electron chi connectivity index (χ3n) is 3.73. The molecule has 0 saturated heterocycles. The molecule has 0 aliphatic heterocycles. The summed E-state index contributed by atoms with van der Waals surface area (Å²) in [5, 5.41) is 12.9. The van der Waals surface area contributed by atoms with Crippen molar-refractivity contribution in [2.45, 2.75) is 39.1 Å². The Morgan fingerprint density at radius 2 is 1.96 bits per heavy atom. The monoisotopic (exact) mass is 380 g/mol. The molecule has 0 amide bonds. The maximum Gasteiger partial charge on any atom is 0.408 e. The van der Waals surface area contributed by atoms with E-state index in [4.69, 9.17) is 0 Å². The van der Waals surface area contributed by atoms with Gasteiger partial charge in [-0.1, -0.05) is 19.9 Å². The fourth-order valence-corrected chi connectivity index (χ4v) is 2.79. The third kappa shape index (κ3) is 5.48. The molecule has 2 rings (SSSR count). The van der Waals surface area contributed by atoms with Gasteiger partial charge in [-0.15, -0.1) is 0 Å². The number of aliphatic hydroxyl groups excluding tert-OH is 1. The van der Waals surface area contributed by atoms with E-state index in [2.05, 4.69) is 35.0 Å². The minimum atomic E-state index is -3.31. The Hall–Kier alpha value is -2.04. The molecule has 4 nitrogen and oxygen atoms in total. The molecule has 0 aliphatic carbocycles. The van der Waals surface area contributed by atoms with Gasteiger partial charge in [-0.3, -0.25) is 0 Å². The van der Waals surface area contributed by atoms with E-state index in [1.54, 1.807) is 24.4 Å². The van der Waals surface area contributed by atoms with Crippen molar-refractivity contribution in [3.05, 3.63) is 53.7 Å². The standard InChI is InChI=1S/C19H23F2N2O2P/c1-3-5-13(4-2)17-14(12-24)10-11-22-18(17)23-15-6-8-16(9-7-15)25-19(20,21)26/h5-11,24H,3-4,12,26H2,1-2H3,(H,22,23)/b13-5+. The largest absolute Gasteiger partial charge is 0.430 e. The average molecular weight is 380 g/mol. The molecule has 140 valence electrons. The van der Waals surface area contributed by atoms with Gasteiger partial charge in [0.25, 0.3) is 0 Å². The van der Waals surface area contributed by atoms with Crippen LogP contribution < -0.4 is 10.1 Å². The first-order chi connectivity index (χ1) is 12.4. The lowest BCUT2D eigenvalue weighted by atomic mass is 9.98. The SMILES string of the molecule is CC/C=C(\CC)c1c(CO)ccnc1Nc1ccc(OC(F)(F)P)cc1. The zero-order valence-corrected chi connectivity index (χ0v) is 16.0. The lowest BCUT2D eigenvalue weighted by molar-refractivity contribution is -0.0892. The van der Waals surface area contributed by atoms with Crippen LogP contribution in [0.3, 0.4) is 0 Å². The van der Waals surface area contributed by atoms with Crippen LogP contribution in [0, 0.1) is 0 Å². The van der Waals surface area contributed by atoms with Crippen LogP contribution >= 0.6 is 9.24 Å². The molecule has 7 heteroatoms. The Morgan fingerprint density at radius 1 is 1.27 bits per heavy atom. The normalized spacial score (nSPS) is 12.2.